The van der Waals surface area contributed by atoms with Crippen molar-refractivity contribution in [2.75, 3.05) is 11.1 Å². The standard InChI is InChI=1S/C20H26ClFN4OS/c1-2-26-18(11-8-14-6-4-3-5-7-14)24-25-20(26)28-13-19(27)23-15-9-10-17(22)16(21)12-15/h9-10,12,14H,2-8,11,13H2,1H3,(H,23,27). The highest BCUT2D eigenvalue weighted by molar-refractivity contribution is 7.99. The summed E-state index contributed by atoms with van der Waals surface area (Å²) >= 11 is 7.10. The number of aryl methyl sites for hydroxylation is 1. The van der Waals surface area contributed by atoms with Gasteiger partial charge in [0.15, 0.2) is 5.16 Å². The third kappa shape index (κ3) is 5.70. The van der Waals surface area contributed by atoms with Gasteiger partial charge >= 0.3 is 0 Å². The van der Waals surface area contributed by atoms with E-state index in [2.05, 4.69) is 27.0 Å². The van der Waals surface area contributed by atoms with Gasteiger partial charge in [-0.05, 0) is 37.5 Å². The number of halogens is 2. The van der Waals surface area contributed by atoms with Gasteiger partial charge in [0.2, 0.25) is 5.91 Å². The molecule has 1 N–H and O–H groups in total. The van der Waals surface area contributed by atoms with Gasteiger partial charge in [-0.25, -0.2) is 4.39 Å². The minimum atomic E-state index is -0.508. The van der Waals surface area contributed by atoms with E-state index in [1.807, 2.05) is 0 Å². The van der Waals surface area contributed by atoms with E-state index in [0.29, 0.717) is 5.69 Å². The fraction of sp³-hybridized carbons (Fsp3) is 0.550. The van der Waals surface area contributed by atoms with E-state index < -0.39 is 5.82 Å². The van der Waals surface area contributed by atoms with Crippen LogP contribution in [0, 0.1) is 11.7 Å². The Hall–Kier alpha value is -1.60. The lowest BCUT2D eigenvalue weighted by Gasteiger charge is -2.21. The minimum absolute atomic E-state index is 0.0150. The van der Waals surface area contributed by atoms with E-state index in [9.17, 15) is 9.18 Å². The van der Waals surface area contributed by atoms with E-state index in [0.717, 1.165) is 36.3 Å². The molecule has 0 atom stereocenters. The van der Waals surface area contributed by atoms with E-state index in [4.69, 9.17) is 11.6 Å². The van der Waals surface area contributed by atoms with E-state index in [1.165, 1.54) is 62.1 Å². The summed E-state index contributed by atoms with van der Waals surface area (Å²) in [6.07, 6.45) is 8.82. The van der Waals surface area contributed by atoms with Crippen LogP contribution in [0.1, 0.15) is 51.3 Å². The van der Waals surface area contributed by atoms with Gasteiger partial charge in [-0.1, -0.05) is 55.5 Å². The molecule has 0 unspecified atom stereocenters. The fourth-order valence-electron chi connectivity index (χ4n) is 3.64. The number of hydrogen-bond acceptors (Lipinski definition) is 4. The normalized spacial score (nSPS) is 15.0. The lowest BCUT2D eigenvalue weighted by Crippen LogP contribution is -2.15. The molecule has 0 saturated heterocycles. The number of benzene rings is 1. The molecule has 2 aromatic rings. The average molecular weight is 425 g/mol. The average Bonchev–Trinajstić information content (AvgIpc) is 3.10. The van der Waals surface area contributed by atoms with Gasteiger partial charge in [0.1, 0.15) is 11.6 Å². The summed E-state index contributed by atoms with van der Waals surface area (Å²) in [6, 6.07) is 4.12. The molecule has 0 radical (unpaired) electrons. The van der Waals surface area contributed by atoms with Crippen LogP contribution in [0.2, 0.25) is 5.02 Å². The first kappa shape index (κ1) is 21.1. The number of carbonyl (C=O) groups excluding carboxylic acids is 1. The van der Waals surface area contributed by atoms with Gasteiger partial charge in [0.25, 0.3) is 0 Å². The number of anilines is 1. The van der Waals surface area contributed by atoms with Crippen molar-refractivity contribution in [1.29, 1.82) is 0 Å². The summed E-state index contributed by atoms with van der Waals surface area (Å²) in [4.78, 5) is 12.2. The predicted molar refractivity (Wildman–Crippen MR) is 111 cm³/mol. The maximum atomic E-state index is 13.2. The van der Waals surface area contributed by atoms with Gasteiger partial charge in [-0.3, -0.25) is 4.79 Å². The molecule has 1 aromatic carbocycles. The second-order valence-corrected chi connectivity index (χ2v) is 8.50. The maximum Gasteiger partial charge on any atom is 0.234 e. The Labute approximate surface area is 174 Å². The van der Waals surface area contributed by atoms with Crippen molar-refractivity contribution in [2.24, 2.45) is 5.92 Å². The van der Waals surface area contributed by atoms with Gasteiger partial charge in [-0.2, -0.15) is 0 Å². The molecule has 1 saturated carbocycles. The molecule has 0 bridgehead atoms. The molecule has 28 heavy (non-hydrogen) atoms. The van der Waals surface area contributed by atoms with E-state index in [-0.39, 0.29) is 16.7 Å². The van der Waals surface area contributed by atoms with Crippen LogP contribution in [0.25, 0.3) is 0 Å². The first-order valence-corrected chi connectivity index (χ1v) is 11.2. The SMILES string of the molecule is CCn1c(CCC2CCCCC2)nnc1SCC(=O)Nc1ccc(F)c(Cl)c1. The lowest BCUT2D eigenvalue weighted by molar-refractivity contribution is -0.113. The van der Waals surface area contributed by atoms with Crippen molar-refractivity contribution in [1.82, 2.24) is 14.8 Å². The topological polar surface area (TPSA) is 59.8 Å². The first-order valence-electron chi connectivity index (χ1n) is 9.86. The molecule has 1 aliphatic rings. The van der Waals surface area contributed by atoms with Crippen LogP contribution in [0.15, 0.2) is 23.4 Å². The fourth-order valence-corrected chi connectivity index (χ4v) is 4.64. The molecule has 0 aliphatic heterocycles. The van der Waals surface area contributed by atoms with Crippen molar-refractivity contribution in [2.45, 2.75) is 63.6 Å². The van der Waals surface area contributed by atoms with Gasteiger partial charge < -0.3 is 9.88 Å². The maximum absolute atomic E-state index is 13.2. The monoisotopic (exact) mass is 424 g/mol. The van der Waals surface area contributed by atoms with Gasteiger partial charge in [0.05, 0.1) is 10.8 Å². The number of nitrogens with one attached hydrogen (secondary N) is 1. The number of hydrogen-bond donors (Lipinski definition) is 1. The third-order valence-corrected chi connectivity index (χ3v) is 6.40. The van der Waals surface area contributed by atoms with E-state index in [1.54, 1.807) is 0 Å². The molecule has 3 rings (SSSR count). The second kappa shape index (κ2) is 10.3. The van der Waals surface area contributed by atoms with Crippen molar-refractivity contribution >= 4 is 35.0 Å². The van der Waals surface area contributed by atoms with Crippen molar-refractivity contribution in [3.63, 3.8) is 0 Å². The number of carbonyl (C=O) groups is 1. The quantitative estimate of drug-likeness (QED) is 0.581. The molecule has 1 aromatic heterocycles. The Balaban J connectivity index is 1.52. The minimum Gasteiger partial charge on any atom is -0.325 e. The van der Waals surface area contributed by atoms with Crippen LogP contribution in [-0.2, 0) is 17.8 Å². The Morgan fingerprint density at radius 3 is 2.82 bits per heavy atom. The van der Waals surface area contributed by atoms with Crippen LogP contribution >= 0.6 is 23.4 Å². The molecular weight excluding hydrogens is 399 g/mol. The first-order chi connectivity index (χ1) is 13.6. The summed E-state index contributed by atoms with van der Waals surface area (Å²) in [5, 5.41) is 12.1. The molecule has 152 valence electrons. The second-order valence-electron chi connectivity index (χ2n) is 7.15. The summed E-state index contributed by atoms with van der Waals surface area (Å²) < 4.78 is 15.3. The van der Waals surface area contributed by atoms with Gasteiger partial charge in [-0.15, -0.1) is 10.2 Å². The highest BCUT2D eigenvalue weighted by Gasteiger charge is 2.17. The summed E-state index contributed by atoms with van der Waals surface area (Å²) in [5.41, 5.74) is 0.474. The van der Waals surface area contributed by atoms with Crippen LogP contribution in [-0.4, -0.2) is 26.4 Å². The number of rotatable bonds is 8. The largest absolute Gasteiger partial charge is 0.325 e. The van der Waals surface area contributed by atoms with Crippen molar-refractivity contribution in [3.8, 4) is 0 Å². The zero-order valence-electron chi connectivity index (χ0n) is 16.1. The number of amides is 1. The van der Waals surface area contributed by atoms with Crippen LogP contribution in [0.5, 0.6) is 0 Å². The number of thioether (sulfide) groups is 1. The highest BCUT2D eigenvalue weighted by atomic mass is 35.5. The molecule has 1 aliphatic carbocycles. The lowest BCUT2D eigenvalue weighted by atomic mass is 9.86. The summed E-state index contributed by atoms with van der Waals surface area (Å²) in [7, 11) is 0. The zero-order valence-corrected chi connectivity index (χ0v) is 17.7. The van der Waals surface area contributed by atoms with E-state index >= 15 is 0 Å². The highest BCUT2D eigenvalue weighted by Crippen LogP contribution is 2.28. The molecule has 1 heterocycles. The van der Waals surface area contributed by atoms with Crippen molar-refractivity contribution < 1.29 is 9.18 Å². The predicted octanol–water partition coefficient (Wildman–Crippen LogP) is 5.33. The number of nitrogens with zero attached hydrogens (tertiary/aromatic N) is 3. The van der Waals surface area contributed by atoms with Crippen LogP contribution in [0.4, 0.5) is 10.1 Å². The molecule has 5 nitrogen and oxygen atoms in total. The van der Waals surface area contributed by atoms with Gasteiger partial charge in [0, 0.05) is 18.7 Å². The molecule has 1 amide bonds. The Bertz CT molecular complexity index is 807. The molecule has 0 spiro atoms. The zero-order chi connectivity index (χ0) is 19.9. The Morgan fingerprint density at radius 2 is 2.11 bits per heavy atom. The molecular formula is C20H26ClFN4OS. The Morgan fingerprint density at radius 1 is 1.32 bits per heavy atom. The summed E-state index contributed by atoms with van der Waals surface area (Å²) in [6.45, 7) is 2.85. The molecule has 1 fully saturated rings. The van der Waals surface area contributed by atoms with Crippen molar-refractivity contribution in [3.05, 3.63) is 34.9 Å². The third-order valence-electron chi connectivity index (χ3n) is 5.15. The number of aromatic nitrogens is 3. The smallest absolute Gasteiger partial charge is 0.234 e. The molecule has 8 heteroatoms. The van der Waals surface area contributed by atoms with Crippen LogP contribution < -0.4 is 5.32 Å². The van der Waals surface area contributed by atoms with Crippen LogP contribution in [0.3, 0.4) is 0 Å². The Kier molecular flexibility index (Phi) is 7.73. The summed E-state index contributed by atoms with van der Waals surface area (Å²) in [5.74, 6) is 1.31.